The molecule has 1 aromatic carbocycles. The average Bonchev–Trinajstić information content (AvgIpc) is 3.35. The predicted molar refractivity (Wildman–Crippen MR) is 129 cm³/mol. The van der Waals surface area contributed by atoms with Crippen LogP contribution in [0.15, 0.2) is 36.8 Å². The number of benzene rings is 1. The lowest BCUT2D eigenvalue weighted by molar-refractivity contribution is -0.134. The number of rotatable bonds is 6. The molecule has 0 radical (unpaired) electrons. The molecule has 1 aliphatic carbocycles. The Morgan fingerprint density at radius 1 is 1.12 bits per heavy atom. The van der Waals surface area contributed by atoms with Gasteiger partial charge in [0, 0.05) is 49.5 Å². The minimum atomic E-state index is -0.573. The van der Waals surface area contributed by atoms with Crippen LogP contribution in [0.4, 0.5) is 15.9 Å². The second-order valence-electron chi connectivity index (χ2n) is 9.40. The third kappa shape index (κ3) is 5.11. The first-order chi connectivity index (χ1) is 16.5. The lowest BCUT2D eigenvalue weighted by Crippen LogP contribution is -2.42. The molecule has 3 aromatic rings. The molecule has 1 aliphatic heterocycles. The second-order valence-corrected chi connectivity index (χ2v) is 9.40. The van der Waals surface area contributed by atoms with Gasteiger partial charge >= 0.3 is 0 Å². The maximum atomic E-state index is 13.6. The number of carbonyl (C=O) groups excluding carboxylic acids is 1. The lowest BCUT2D eigenvalue weighted by atomic mass is 10.0. The second kappa shape index (κ2) is 9.91. The maximum absolute atomic E-state index is 13.6. The van der Waals surface area contributed by atoms with Gasteiger partial charge in [-0.15, -0.1) is 0 Å². The molecule has 2 aromatic heterocycles. The van der Waals surface area contributed by atoms with Crippen LogP contribution in [0.25, 0.3) is 10.9 Å². The number of anilines is 2. The summed E-state index contributed by atoms with van der Waals surface area (Å²) in [5.41, 5.74) is 2.40. The number of ether oxygens (including phenoxy) is 1. The molecule has 1 saturated heterocycles. The Balaban J connectivity index is 1.18. The van der Waals surface area contributed by atoms with E-state index in [-0.39, 0.29) is 6.10 Å². The number of aryl methyl sites for hydroxylation is 1. The van der Waals surface area contributed by atoms with E-state index in [0.717, 1.165) is 42.9 Å². The molecule has 34 heavy (non-hydrogen) atoms. The Labute approximate surface area is 198 Å². The molecule has 0 spiro atoms. The smallest absolute Gasteiger partial charge is 0.222 e. The SMILES string of the molecule is Cc1cc(Nc2ncnc3cnc(F)cc23)ccc1OC1CCN(C(=O)CC2CCCC2)CC1. The molecule has 1 N–H and O–H groups in total. The van der Waals surface area contributed by atoms with Gasteiger partial charge in [-0.1, -0.05) is 12.8 Å². The minimum Gasteiger partial charge on any atom is -0.490 e. The number of likely N-dealkylation sites (tertiary alicyclic amines) is 1. The van der Waals surface area contributed by atoms with E-state index >= 15 is 0 Å². The van der Waals surface area contributed by atoms with Crippen LogP contribution in [-0.4, -0.2) is 45.0 Å². The van der Waals surface area contributed by atoms with E-state index in [0.29, 0.717) is 35.0 Å². The first kappa shape index (κ1) is 22.5. The van der Waals surface area contributed by atoms with Crippen molar-refractivity contribution in [2.45, 2.75) is 58.0 Å². The van der Waals surface area contributed by atoms with Crippen LogP contribution in [0.2, 0.25) is 0 Å². The highest BCUT2D eigenvalue weighted by Gasteiger charge is 2.27. The fraction of sp³-hybridized carbons (Fsp3) is 0.462. The number of hydrogen-bond donors (Lipinski definition) is 1. The van der Waals surface area contributed by atoms with Gasteiger partial charge in [-0.3, -0.25) is 4.79 Å². The molecule has 7 nitrogen and oxygen atoms in total. The van der Waals surface area contributed by atoms with Gasteiger partial charge in [0.1, 0.15) is 24.0 Å². The number of piperidine rings is 1. The van der Waals surface area contributed by atoms with Crippen molar-refractivity contribution in [3.8, 4) is 5.75 Å². The van der Waals surface area contributed by atoms with Crippen molar-refractivity contribution in [1.29, 1.82) is 0 Å². The van der Waals surface area contributed by atoms with E-state index in [2.05, 4.69) is 20.3 Å². The molecule has 0 unspecified atom stereocenters. The number of halogens is 1. The van der Waals surface area contributed by atoms with Gasteiger partial charge in [0.25, 0.3) is 0 Å². The molecular weight excluding hydrogens is 433 g/mol. The Bertz CT molecular complexity index is 1170. The third-order valence-electron chi connectivity index (χ3n) is 6.95. The van der Waals surface area contributed by atoms with Crippen LogP contribution in [0.5, 0.6) is 5.75 Å². The maximum Gasteiger partial charge on any atom is 0.222 e. The number of fused-ring (bicyclic) bond motifs is 1. The summed E-state index contributed by atoms with van der Waals surface area (Å²) in [6.07, 6.45) is 10.3. The average molecular weight is 464 g/mol. The number of carbonyl (C=O) groups is 1. The number of hydrogen-bond acceptors (Lipinski definition) is 6. The lowest BCUT2D eigenvalue weighted by Gasteiger charge is -2.33. The Morgan fingerprint density at radius 3 is 2.68 bits per heavy atom. The van der Waals surface area contributed by atoms with Crippen molar-refractivity contribution in [2.75, 3.05) is 18.4 Å². The van der Waals surface area contributed by atoms with Gasteiger partial charge in [0.15, 0.2) is 0 Å². The highest BCUT2D eigenvalue weighted by molar-refractivity contribution is 5.89. The summed E-state index contributed by atoms with van der Waals surface area (Å²) in [5, 5.41) is 3.82. The molecule has 0 bridgehead atoms. The molecule has 2 fully saturated rings. The monoisotopic (exact) mass is 463 g/mol. The first-order valence-corrected chi connectivity index (χ1v) is 12.1. The van der Waals surface area contributed by atoms with Crippen molar-refractivity contribution in [3.63, 3.8) is 0 Å². The van der Waals surface area contributed by atoms with Crippen LogP contribution < -0.4 is 10.1 Å². The van der Waals surface area contributed by atoms with Gasteiger partial charge in [-0.05, 0) is 49.4 Å². The zero-order valence-corrected chi connectivity index (χ0v) is 19.5. The van der Waals surface area contributed by atoms with Crippen LogP contribution in [0.3, 0.4) is 0 Å². The highest BCUT2D eigenvalue weighted by atomic mass is 19.1. The number of nitrogens with zero attached hydrogens (tertiary/aromatic N) is 4. The summed E-state index contributed by atoms with van der Waals surface area (Å²) in [4.78, 5) is 26.7. The molecule has 178 valence electrons. The largest absolute Gasteiger partial charge is 0.490 e. The summed E-state index contributed by atoms with van der Waals surface area (Å²) in [5.74, 6) is 1.69. The van der Waals surface area contributed by atoms with E-state index in [4.69, 9.17) is 4.74 Å². The van der Waals surface area contributed by atoms with E-state index in [1.54, 1.807) is 0 Å². The van der Waals surface area contributed by atoms with E-state index in [1.807, 2.05) is 30.0 Å². The van der Waals surface area contributed by atoms with Crippen molar-refractivity contribution in [2.24, 2.45) is 5.92 Å². The van der Waals surface area contributed by atoms with Gasteiger partial charge in [0.2, 0.25) is 11.9 Å². The van der Waals surface area contributed by atoms with Crippen molar-refractivity contribution in [3.05, 3.63) is 48.3 Å². The number of pyridine rings is 1. The zero-order chi connectivity index (χ0) is 23.5. The van der Waals surface area contributed by atoms with Gasteiger partial charge in [-0.25, -0.2) is 15.0 Å². The summed E-state index contributed by atoms with van der Waals surface area (Å²) in [6, 6.07) is 7.18. The molecule has 3 heterocycles. The van der Waals surface area contributed by atoms with Gasteiger partial charge < -0.3 is 15.0 Å². The van der Waals surface area contributed by atoms with Gasteiger partial charge in [0.05, 0.1) is 11.7 Å². The van der Waals surface area contributed by atoms with E-state index in [9.17, 15) is 9.18 Å². The molecule has 1 amide bonds. The molecule has 0 atom stereocenters. The van der Waals surface area contributed by atoms with Crippen LogP contribution >= 0.6 is 0 Å². The highest BCUT2D eigenvalue weighted by Crippen LogP contribution is 2.30. The Hall–Kier alpha value is -3.29. The van der Waals surface area contributed by atoms with Gasteiger partial charge in [-0.2, -0.15) is 4.39 Å². The molecule has 8 heteroatoms. The Kier molecular flexibility index (Phi) is 6.56. The summed E-state index contributed by atoms with van der Waals surface area (Å²) in [7, 11) is 0. The number of amides is 1. The predicted octanol–water partition coefficient (Wildman–Crippen LogP) is 5.17. The quantitative estimate of drug-likeness (QED) is 0.508. The molecular formula is C26H30FN5O2. The zero-order valence-electron chi connectivity index (χ0n) is 19.5. The van der Waals surface area contributed by atoms with E-state index < -0.39 is 5.95 Å². The summed E-state index contributed by atoms with van der Waals surface area (Å²) >= 11 is 0. The fourth-order valence-electron chi connectivity index (χ4n) is 5.02. The molecule has 5 rings (SSSR count). The fourth-order valence-corrected chi connectivity index (χ4v) is 5.02. The number of nitrogens with one attached hydrogen (secondary N) is 1. The number of aromatic nitrogens is 3. The first-order valence-electron chi connectivity index (χ1n) is 12.1. The summed E-state index contributed by atoms with van der Waals surface area (Å²) in [6.45, 7) is 3.53. The normalized spacial score (nSPS) is 17.3. The standard InChI is InChI=1S/C26H30FN5O2/c1-17-12-19(31-26-21-14-24(27)28-15-22(21)29-16-30-26)6-7-23(17)34-20-8-10-32(11-9-20)25(33)13-18-4-2-3-5-18/h6-7,12,14-16,18,20H,2-5,8-11,13H2,1H3,(H,29,30,31). The third-order valence-corrected chi connectivity index (χ3v) is 6.95. The van der Waals surface area contributed by atoms with Crippen LogP contribution in [0, 0.1) is 18.8 Å². The van der Waals surface area contributed by atoms with Crippen LogP contribution in [0.1, 0.15) is 50.5 Å². The minimum absolute atomic E-state index is 0.106. The molecule has 1 saturated carbocycles. The molecule has 2 aliphatic rings. The van der Waals surface area contributed by atoms with Crippen LogP contribution in [-0.2, 0) is 4.79 Å². The van der Waals surface area contributed by atoms with Crippen molar-refractivity contribution < 1.29 is 13.9 Å². The summed E-state index contributed by atoms with van der Waals surface area (Å²) < 4.78 is 19.9. The van der Waals surface area contributed by atoms with Crippen molar-refractivity contribution in [1.82, 2.24) is 19.9 Å². The van der Waals surface area contributed by atoms with E-state index in [1.165, 1.54) is 44.3 Å². The topological polar surface area (TPSA) is 80.2 Å². The van der Waals surface area contributed by atoms with Crippen molar-refractivity contribution >= 4 is 28.3 Å². The Morgan fingerprint density at radius 2 is 1.91 bits per heavy atom.